The second-order valence-electron chi connectivity index (χ2n) is 3.72. The molecule has 1 heterocycles. The van der Waals surface area contributed by atoms with Crippen molar-refractivity contribution in [2.24, 2.45) is 5.92 Å². The van der Waals surface area contributed by atoms with E-state index in [0.717, 1.165) is 12.0 Å². The molecule has 2 aliphatic rings. The first-order valence-corrected chi connectivity index (χ1v) is 5.07. The molecule has 1 unspecified atom stereocenters. The summed E-state index contributed by atoms with van der Waals surface area (Å²) in [6.45, 7) is 5.95. The van der Waals surface area contributed by atoms with Crippen molar-refractivity contribution in [3.63, 3.8) is 0 Å². The molecule has 78 valence electrons. The highest BCUT2D eigenvalue weighted by Gasteiger charge is 2.42. The van der Waals surface area contributed by atoms with Crippen molar-refractivity contribution in [3.8, 4) is 0 Å². The van der Waals surface area contributed by atoms with Crippen molar-refractivity contribution in [1.82, 2.24) is 4.90 Å². The van der Waals surface area contributed by atoms with Crippen LogP contribution in [0.5, 0.6) is 0 Å². The zero-order valence-corrected chi connectivity index (χ0v) is 8.69. The molecular formula is C12H13NO2. The highest BCUT2D eigenvalue weighted by molar-refractivity contribution is 6.15. The Labute approximate surface area is 88.8 Å². The number of amides is 2. The molecule has 0 bridgehead atoms. The lowest BCUT2D eigenvalue weighted by molar-refractivity contribution is -0.138. The molecule has 2 amide bonds. The lowest BCUT2D eigenvalue weighted by Crippen LogP contribution is -2.30. The Bertz CT molecular complexity index is 404. The summed E-state index contributed by atoms with van der Waals surface area (Å²) in [5.41, 5.74) is 1.39. The van der Waals surface area contributed by atoms with Gasteiger partial charge in [-0.1, -0.05) is 24.8 Å². The van der Waals surface area contributed by atoms with E-state index in [2.05, 4.69) is 6.58 Å². The van der Waals surface area contributed by atoms with E-state index < -0.39 is 5.92 Å². The number of nitrogens with zero attached hydrogens (tertiary/aromatic N) is 1. The maximum absolute atomic E-state index is 11.9. The summed E-state index contributed by atoms with van der Waals surface area (Å²) in [6.07, 6.45) is 6.55. The van der Waals surface area contributed by atoms with E-state index in [0.29, 0.717) is 12.1 Å². The molecule has 3 heteroatoms. The average Bonchev–Trinajstić information content (AvgIpc) is 2.77. The van der Waals surface area contributed by atoms with Gasteiger partial charge in [-0.15, -0.1) is 0 Å². The number of allylic oxidation sites excluding steroid dienone is 3. The zero-order valence-electron chi connectivity index (χ0n) is 8.69. The molecule has 0 N–H and O–H groups in total. The predicted molar refractivity (Wildman–Crippen MR) is 56.9 cm³/mol. The summed E-state index contributed by atoms with van der Waals surface area (Å²) in [6, 6.07) is 0. The van der Waals surface area contributed by atoms with Gasteiger partial charge in [-0.3, -0.25) is 14.5 Å². The van der Waals surface area contributed by atoms with Crippen LogP contribution in [0.3, 0.4) is 0 Å². The van der Waals surface area contributed by atoms with Gasteiger partial charge in [0.15, 0.2) is 0 Å². The highest BCUT2D eigenvalue weighted by atomic mass is 16.2. The molecule has 0 spiro atoms. The summed E-state index contributed by atoms with van der Waals surface area (Å²) >= 11 is 0. The third-order valence-electron chi connectivity index (χ3n) is 2.87. The van der Waals surface area contributed by atoms with Gasteiger partial charge >= 0.3 is 0 Å². The molecule has 0 radical (unpaired) electrons. The standard InChI is InChI=1S/C12H13NO2/c1-3-13-11(14)8(2)10(12(13)15)9-6-4-5-7-9/h4-6,10H,2-3,7H2,1H3. The zero-order chi connectivity index (χ0) is 11.0. The van der Waals surface area contributed by atoms with Crippen LogP contribution in [0.4, 0.5) is 0 Å². The molecule has 0 saturated carbocycles. The Morgan fingerprint density at radius 2 is 2.27 bits per heavy atom. The number of carbonyl (C=O) groups excluding carboxylic acids is 2. The predicted octanol–water partition coefficient (Wildman–Crippen LogP) is 1.43. The summed E-state index contributed by atoms with van der Waals surface area (Å²) in [5.74, 6) is -0.754. The van der Waals surface area contributed by atoms with Crippen LogP contribution in [-0.2, 0) is 9.59 Å². The molecule has 1 atom stereocenters. The lowest BCUT2D eigenvalue weighted by atomic mass is 9.93. The van der Waals surface area contributed by atoms with Crippen LogP contribution in [0.15, 0.2) is 36.0 Å². The second kappa shape index (κ2) is 3.50. The summed E-state index contributed by atoms with van der Waals surface area (Å²) in [5, 5.41) is 0. The molecule has 0 aromatic carbocycles. The van der Waals surface area contributed by atoms with Crippen molar-refractivity contribution in [1.29, 1.82) is 0 Å². The van der Waals surface area contributed by atoms with Gasteiger partial charge in [0.1, 0.15) is 0 Å². The molecule has 1 aliphatic carbocycles. The Morgan fingerprint density at radius 3 is 2.73 bits per heavy atom. The van der Waals surface area contributed by atoms with Crippen LogP contribution in [0, 0.1) is 5.92 Å². The first kappa shape index (κ1) is 9.90. The number of hydrogen-bond acceptors (Lipinski definition) is 2. The third kappa shape index (κ3) is 1.35. The van der Waals surface area contributed by atoms with Crippen molar-refractivity contribution >= 4 is 11.8 Å². The largest absolute Gasteiger partial charge is 0.278 e. The van der Waals surface area contributed by atoms with Crippen LogP contribution in [0.25, 0.3) is 0 Å². The fraction of sp³-hybridized carbons (Fsp3) is 0.333. The van der Waals surface area contributed by atoms with Gasteiger partial charge in [-0.05, 0) is 18.9 Å². The number of carbonyl (C=O) groups is 2. The monoisotopic (exact) mass is 203 g/mol. The number of rotatable bonds is 2. The number of likely N-dealkylation sites (N-methyl/N-ethyl adjacent to an activating group) is 1. The number of likely N-dealkylation sites (tertiary alicyclic amines) is 1. The van der Waals surface area contributed by atoms with Crippen LogP contribution < -0.4 is 0 Å². The smallest absolute Gasteiger partial charge is 0.256 e. The second-order valence-corrected chi connectivity index (χ2v) is 3.72. The highest BCUT2D eigenvalue weighted by Crippen LogP contribution is 2.33. The molecule has 3 nitrogen and oxygen atoms in total. The molecule has 0 aromatic rings. The van der Waals surface area contributed by atoms with Gasteiger partial charge in [0.25, 0.3) is 5.91 Å². The van der Waals surface area contributed by atoms with Crippen molar-refractivity contribution in [2.45, 2.75) is 13.3 Å². The fourth-order valence-electron chi connectivity index (χ4n) is 2.06. The summed E-state index contributed by atoms with van der Waals surface area (Å²) in [4.78, 5) is 24.9. The molecule has 1 fully saturated rings. The van der Waals surface area contributed by atoms with Crippen molar-refractivity contribution in [3.05, 3.63) is 36.0 Å². The first-order chi connectivity index (χ1) is 7.16. The summed E-state index contributed by atoms with van der Waals surface area (Å²) in [7, 11) is 0. The van der Waals surface area contributed by atoms with E-state index in [9.17, 15) is 9.59 Å². The van der Waals surface area contributed by atoms with Crippen LogP contribution in [-0.4, -0.2) is 23.3 Å². The molecular weight excluding hydrogens is 190 g/mol. The van der Waals surface area contributed by atoms with Gasteiger partial charge in [0.2, 0.25) is 5.91 Å². The minimum Gasteiger partial charge on any atom is -0.278 e. The molecule has 0 aromatic heterocycles. The van der Waals surface area contributed by atoms with Gasteiger partial charge < -0.3 is 0 Å². The van der Waals surface area contributed by atoms with Gasteiger partial charge in [0.05, 0.1) is 5.92 Å². The van der Waals surface area contributed by atoms with E-state index >= 15 is 0 Å². The van der Waals surface area contributed by atoms with Crippen LogP contribution in [0.1, 0.15) is 13.3 Å². The Balaban J connectivity index is 2.31. The van der Waals surface area contributed by atoms with E-state index in [4.69, 9.17) is 0 Å². The van der Waals surface area contributed by atoms with E-state index in [1.54, 1.807) is 6.92 Å². The van der Waals surface area contributed by atoms with Crippen LogP contribution >= 0.6 is 0 Å². The van der Waals surface area contributed by atoms with Gasteiger partial charge in [-0.25, -0.2) is 0 Å². The Kier molecular flexibility index (Phi) is 2.31. The molecule has 1 aliphatic heterocycles. The van der Waals surface area contributed by atoms with Gasteiger partial charge in [-0.2, -0.15) is 0 Å². The van der Waals surface area contributed by atoms with Gasteiger partial charge in [0, 0.05) is 12.1 Å². The fourth-order valence-corrected chi connectivity index (χ4v) is 2.06. The van der Waals surface area contributed by atoms with E-state index in [-0.39, 0.29) is 11.8 Å². The van der Waals surface area contributed by atoms with E-state index in [1.165, 1.54) is 4.90 Å². The maximum atomic E-state index is 11.9. The quantitative estimate of drug-likeness (QED) is 0.503. The Morgan fingerprint density at radius 1 is 1.53 bits per heavy atom. The Hall–Kier alpha value is -1.64. The van der Waals surface area contributed by atoms with Crippen LogP contribution in [0.2, 0.25) is 0 Å². The molecule has 2 rings (SSSR count). The van der Waals surface area contributed by atoms with E-state index in [1.807, 2.05) is 18.2 Å². The number of hydrogen-bond donors (Lipinski definition) is 0. The SMILES string of the molecule is C=C1C(=O)N(CC)C(=O)C1C1=CC=CC1. The molecule has 1 saturated heterocycles. The minimum atomic E-state index is -0.410. The number of imide groups is 1. The lowest BCUT2D eigenvalue weighted by Gasteiger charge is -2.11. The van der Waals surface area contributed by atoms with Crippen molar-refractivity contribution < 1.29 is 9.59 Å². The average molecular weight is 203 g/mol. The van der Waals surface area contributed by atoms with Crippen molar-refractivity contribution in [2.75, 3.05) is 6.54 Å². The minimum absolute atomic E-state index is 0.123. The molecule has 15 heavy (non-hydrogen) atoms. The summed E-state index contributed by atoms with van der Waals surface area (Å²) < 4.78 is 0. The third-order valence-corrected chi connectivity index (χ3v) is 2.87. The first-order valence-electron chi connectivity index (χ1n) is 5.07. The topological polar surface area (TPSA) is 37.4 Å². The normalized spacial score (nSPS) is 25.4. The maximum Gasteiger partial charge on any atom is 0.256 e.